The number of aliphatic carboxylic acids is 1. The number of hydrogen-bond donors (Lipinski definition) is 2. The second kappa shape index (κ2) is 8.41. The highest BCUT2D eigenvalue weighted by atomic mass is 16.4. The molecule has 3 rings (SSSR count). The lowest BCUT2D eigenvalue weighted by Crippen LogP contribution is -2.55. The molecule has 2 unspecified atom stereocenters. The largest absolute Gasteiger partial charge is 0.481 e. The van der Waals surface area contributed by atoms with Gasteiger partial charge in [0, 0.05) is 43.7 Å². The van der Waals surface area contributed by atoms with Crippen LogP contribution in [0, 0.1) is 0 Å². The molecule has 1 aromatic rings. The fourth-order valence-electron chi connectivity index (χ4n) is 4.27. The van der Waals surface area contributed by atoms with Crippen LogP contribution in [0.5, 0.6) is 0 Å². The predicted molar refractivity (Wildman–Crippen MR) is 100 cm³/mol. The Morgan fingerprint density at radius 1 is 1.15 bits per heavy atom. The second-order valence-electron chi connectivity index (χ2n) is 7.43. The molecule has 146 valence electrons. The maximum atomic E-state index is 12.7. The molecule has 2 fully saturated rings. The SMILES string of the molecule is CN(C(=O)c1ccccc1)C1CC2CCC(C1)N2C(=O)NCCCC(=O)O. The van der Waals surface area contributed by atoms with E-state index in [2.05, 4.69) is 5.32 Å². The van der Waals surface area contributed by atoms with E-state index in [4.69, 9.17) is 5.11 Å². The maximum absolute atomic E-state index is 12.7. The molecule has 2 aliphatic heterocycles. The van der Waals surface area contributed by atoms with Gasteiger partial charge in [-0.15, -0.1) is 0 Å². The quantitative estimate of drug-likeness (QED) is 0.749. The Labute approximate surface area is 159 Å². The molecule has 0 aromatic heterocycles. The van der Waals surface area contributed by atoms with Crippen LogP contribution in [0.15, 0.2) is 30.3 Å². The zero-order valence-electron chi connectivity index (χ0n) is 15.6. The lowest BCUT2D eigenvalue weighted by atomic mass is 9.96. The number of carbonyl (C=O) groups excluding carboxylic acids is 2. The monoisotopic (exact) mass is 373 g/mol. The van der Waals surface area contributed by atoms with Crippen LogP contribution in [0.1, 0.15) is 48.9 Å². The van der Waals surface area contributed by atoms with Crippen LogP contribution in [-0.2, 0) is 4.79 Å². The van der Waals surface area contributed by atoms with E-state index in [0.717, 1.165) is 25.7 Å². The van der Waals surface area contributed by atoms with Crippen LogP contribution >= 0.6 is 0 Å². The molecule has 3 amide bonds. The smallest absolute Gasteiger partial charge is 0.317 e. The number of piperidine rings is 1. The Kier molecular flexibility index (Phi) is 5.98. The van der Waals surface area contributed by atoms with Crippen molar-refractivity contribution < 1.29 is 19.5 Å². The highest BCUT2D eigenvalue weighted by Gasteiger charge is 2.44. The fraction of sp³-hybridized carbons (Fsp3) is 0.550. The van der Waals surface area contributed by atoms with Crippen LogP contribution < -0.4 is 5.32 Å². The van der Waals surface area contributed by atoms with Crippen molar-refractivity contribution in [1.29, 1.82) is 0 Å². The van der Waals surface area contributed by atoms with E-state index in [-0.39, 0.29) is 36.5 Å². The van der Waals surface area contributed by atoms with Crippen molar-refractivity contribution in [1.82, 2.24) is 15.1 Å². The van der Waals surface area contributed by atoms with Crippen molar-refractivity contribution in [3.63, 3.8) is 0 Å². The van der Waals surface area contributed by atoms with E-state index in [0.29, 0.717) is 18.5 Å². The Balaban J connectivity index is 1.56. The predicted octanol–water partition coefficient (Wildman–Crippen LogP) is 2.33. The molecule has 2 aliphatic rings. The number of fused-ring (bicyclic) bond motifs is 2. The number of amides is 3. The molecule has 27 heavy (non-hydrogen) atoms. The van der Waals surface area contributed by atoms with Crippen LogP contribution in [-0.4, -0.2) is 64.5 Å². The summed E-state index contributed by atoms with van der Waals surface area (Å²) in [6.45, 7) is 0.372. The first-order chi connectivity index (χ1) is 13.0. The van der Waals surface area contributed by atoms with Crippen molar-refractivity contribution in [3.05, 3.63) is 35.9 Å². The molecule has 7 heteroatoms. The van der Waals surface area contributed by atoms with Crippen molar-refractivity contribution in [3.8, 4) is 0 Å². The van der Waals surface area contributed by atoms with Crippen LogP contribution in [0.25, 0.3) is 0 Å². The van der Waals surface area contributed by atoms with Crippen LogP contribution in [0.2, 0.25) is 0 Å². The van der Waals surface area contributed by atoms with Gasteiger partial charge in [0.1, 0.15) is 0 Å². The third-order valence-corrected chi connectivity index (χ3v) is 5.68. The van der Waals surface area contributed by atoms with E-state index in [1.54, 1.807) is 0 Å². The summed E-state index contributed by atoms with van der Waals surface area (Å²) < 4.78 is 0. The number of nitrogens with one attached hydrogen (secondary N) is 1. The van der Waals surface area contributed by atoms with Crippen molar-refractivity contribution in [2.75, 3.05) is 13.6 Å². The lowest BCUT2D eigenvalue weighted by Gasteiger charge is -2.42. The van der Waals surface area contributed by atoms with E-state index < -0.39 is 5.97 Å². The molecule has 2 atom stereocenters. The minimum Gasteiger partial charge on any atom is -0.481 e. The van der Waals surface area contributed by atoms with Gasteiger partial charge in [-0.1, -0.05) is 18.2 Å². The van der Waals surface area contributed by atoms with E-state index in [1.807, 2.05) is 47.2 Å². The van der Waals surface area contributed by atoms with Gasteiger partial charge in [0.05, 0.1) is 0 Å². The summed E-state index contributed by atoms with van der Waals surface area (Å²) in [5, 5.41) is 11.5. The van der Waals surface area contributed by atoms with Gasteiger partial charge in [-0.05, 0) is 44.2 Å². The highest BCUT2D eigenvalue weighted by molar-refractivity contribution is 5.94. The summed E-state index contributed by atoms with van der Waals surface area (Å²) in [5.74, 6) is -0.831. The summed E-state index contributed by atoms with van der Waals surface area (Å²) in [7, 11) is 1.85. The third-order valence-electron chi connectivity index (χ3n) is 5.68. The maximum Gasteiger partial charge on any atom is 0.317 e. The minimum absolute atomic E-state index is 0.0200. The molecule has 2 N–H and O–H groups in total. The zero-order valence-corrected chi connectivity index (χ0v) is 15.6. The van der Waals surface area contributed by atoms with Crippen molar-refractivity contribution in [2.24, 2.45) is 0 Å². The number of carboxylic acid groups (broad SMARTS) is 1. The molecule has 0 radical (unpaired) electrons. The second-order valence-corrected chi connectivity index (χ2v) is 7.43. The van der Waals surface area contributed by atoms with Crippen LogP contribution in [0.4, 0.5) is 4.79 Å². The molecule has 2 bridgehead atoms. The third kappa shape index (κ3) is 4.40. The molecule has 0 aliphatic carbocycles. The zero-order chi connectivity index (χ0) is 19.4. The number of carboxylic acids is 1. The number of urea groups is 1. The van der Waals surface area contributed by atoms with Crippen molar-refractivity contribution in [2.45, 2.75) is 56.7 Å². The summed E-state index contributed by atoms with van der Waals surface area (Å²) in [6, 6.07) is 9.57. The average Bonchev–Trinajstić information content (AvgIpc) is 2.94. The molecular weight excluding hydrogens is 346 g/mol. The Morgan fingerprint density at radius 3 is 2.37 bits per heavy atom. The van der Waals surface area contributed by atoms with Gasteiger partial charge in [-0.3, -0.25) is 9.59 Å². The lowest BCUT2D eigenvalue weighted by molar-refractivity contribution is -0.137. The van der Waals surface area contributed by atoms with Gasteiger partial charge in [-0.2, -0.15) is 0 Å². The highest BCUT2D eigenvalue weighted by Crippen LogP contribution is 2.37. The summed E-state index contributed by atoms with van der Waals surface area (Å²) in [6.07, 6.45) is 3.97. The van der Waals surface area contributed by atoms with Gasteiger partial charge in [-0.25, -0.2) is 4.79 Å². The van der Waals surface area contributed by atoms with E-state index >= 15 is 0 Å². The summed E-state index contributed by atoms with van der Waals surface area (Å²) in [4.78, 5) is 39.5. The van der Waals surface area contributed by atoms with E-state index in [9.17, 15) is 14.4 Å². The Morgan fingerprint density at radius 2 is 1.78 bits per heavy atom. The Bertz CT molecular complexity index is 680. The van der Waals surface area contributed by atoms with Crippen molar-refractivity contribution >= 4 is 17.9 Å². The molecule has 0 spiro atoms. The normalized spacial score (nSPS) is 23.7. The molecule has 7 nitrogen and oxygen atoms in total. The van der Waals surface area contributed by atoms with Gasteiger partial charge >= 0.3 is 12.0 Å². The summed E-state index contributed by atoms with van der Waals surface area (Å²) in [5.41, 5.74) is 0.686. The fourth-order valence-corrected chi connectivity index (χ4v) is 4.27. The van der Waals surface area contributed by atoms with Gasteiger partial charge in [0.25, 0.3) is 5.91 Å². The van der Waals surface area contributed by atoms with Gasteiger partial charge in [0.2, 0.25) is 0 Å². The number of nitrogens with zero attached hydrogens (tertiary/aromatic N) is 2. The first kappa shape index (κ1) is 19.2. The molecular formula is C20H27N3O4. The molecule has 2 heterocycles. The van der Waals surface area contributed by atoms with Gasteiger partial charge < -0.3 is 20.2 Å². The number of benzene rings is 1. The first-order valence-corrected chi connectivity index (χ1v) is 9.57. The number of hydrogen-bond acceptors (Lipinski definition) is 3. The molecule has 2 saturated heterocycles. The number of rotatable bonds is 6. The van der Waals surface area contributed by atoms with Crippen LogP contribution in [0.3, 0.4) is 0 Å². The standard InChI is InChI=1S/C20H27N3O4/c1-22(19(26)14-6-3-2-4-7-14)17-12-15-9-10-16(13-17)23(15)20(27)21-11-5-8-18(24)25/h2-4,6-7,15-17H,5,8-13H2,1H3,(H,21,27)(H,24,25). The average molecular weight is 373 g/mol. The number of carbonyl (C=O) groups is 3. The summed E-state index contributed by atoms with van der Waals surface area (Å²) >= 11 is 0. The minimum atomic E-state index is -0.851. The Hall–Kier alpha value is -2.57. The first-order valence-electron chi connectivity index (χ1n) is 9.57. The van der Waals surface area contributed by atoms with Gasteiger partial charge in [0.15, 0.2) is 0 Å². The molecule has 1 aromatic carbocycles. The van der Waals surface area contributed by atoms with E-state index in [1.165, 1.54) is 0 Å². The molecule has 0 saturated carbocycles. The topological polar surface area (TPSA) is 90.0 Å².